The van der Waals surface area contributed by atoms with Crippen LogP contribution < -0.4 is 10.1 Å². The lowest BCUT2D eigenvalue weighted by atomic mass is 10.1. The van der Waals surface area contributed by atoms with Crippen LogP contribution in [0.15, 0.2) is 60.6 Å². The van der Waals surface area contributed by atoms with Crippen molar-refractivity contribution >= 4 is 12.0 Å². The molecule has 7 heteroatoms. The van der Waals surface area contributed by atoms with E-state index in [-0.39, 0.29) is 5.57 Å². The third-order valence-corrected chi connectivity index (χ3v) is 3.91. The van der Waals surface area contributed by atoms with E-state index < -0.39 is 5.91 Å². The third-order valence-electron chi connectivity index (χ3n) is 3.91. The maximum absolute atomic E-state index is 12.3. The second kappa shape index (κ2) is 8.45. The largest absolute Gasteiger partial charge is 0.497 e. The molecule has 0 atom stereocenters. The molecule has 2 aromatic heterocycles. The van der Waals surface area contributed by atoms with Gasteiger partial charge in [-0.1, -0.05) is 0 Å². The van der Waals surface area contributed by atoms with E-state index in [1.165, 1.54) is 6.08 Å². The predicted molar refractivity (Wildman–Crippen MR) is 100 cm³/mol. The Morgan fingerprint density at radius 2 is 2.00 bits per heavy atom. The van der Waals surface area contributed by atoms with Crippen molar-refractivity contribution in [3.8, 4) is 23.1 Å². The van der Waals surface area contributed by atoms with Crippen molar-refractivity contribution in [2.75, 3.05) is 7.11 Å². The molecule has 0 saturated carbocycles. The molecule has 0 bridgehead atoms. The number of nitrogens with one attached hydrogen (secondary N) is 2. The number of carbonyl (C=O) groups excluding carboxylic acids is 1. The number of hydrogen-bond acceptors (Lipinski definition) is 5. The summed E-state index contributed by atoms with van der Waals surface area (Å²) in [5.41, 5.74) is 3.13. The normalized spacial score (nSPS) is 10.9. The molecule has 7 nitrogen and oxygen atoms in total. The minimum Gasteiger partial charge on any atom is -0.497 e. The second-order valence-electron chi connectivity index (χ2n) is 5.64. The smallest absolute Gasteiger partial charge is 0.262 e. The molecule has 3 aromatic rings. The van der Waals surface area contributed by atoms with Crippen LogP contribution in [0.4, 0.5) is 0 Å². The Balaban J connectivity index is 1.78. The van der Waals surface area contributed by atoms with E-state index in [1.807, 2.05) is 30.3 Å². The van der Waals surface area contributed by atoms with E-state index in [0.29, 0.717) is 17.8 Å². The van der Waals surface area contributed by atoms with Gasteiger partial charge in [-0.25, -0.2) is 0 Å². The van der Waals surface area contributed by atoms with Crippen LogP contribution in [0, 0.1) is 11.3 Å². The Morgan fingerprint density at radius 3 is 2.67 bits per heavy atom. The van der Waals surface area contributed by atoms with Crippen LogP contribution in [0.1, 0.15) is 11.1 Å². The molecular weight excluding hydrogens is 342 g/mol. The van der Waals surface area contributed by atoms with Crippen LogP contribution in [0.25, 0.3) is 17.3 Å². The molecule has 0 radical (unpaired) electrons. The summed E-state index contributed by atoms with van der Waals surface area (Å²) in [4.78, 5) is 16.3. The van der Waals surface area contributed by atoms with Crippen LogP contribution in [-0.2, 0) is 11.3 Å². The number of carbonyl (C=O) groups is 1. The van der Waals surface area contributed by atoms with E-state index in [1.54, 1.807) is 37.8 Å². The number of methoxy groups -OCH3 is 1. The summed E-state index contributed by atoms with van der Waals surface area (Å²) in [7, 11) is 1.60. The third kappa shape index (κ3) is 4.38. The van der Waals surface area contributed by atoms with Crippen molar-refractivity contribution in [2.45, 2.75) is 6.54 Å². The van der Waals surface area contributed by atoms with Crippen molar-refractivity contribution < 1.29 is 9.53 Å². The number of nitrogens with zero attached hydrogens (tertiary/aromatic N) is 3. The highest BCUT2D eigenvalue weighted by molar-refractivity contribution is 6.02. The van der Waals surface area contributed by atoms with Gasteiger partial charge in [0.05, 0.1) is 19.0 Å². The number of rotatable bonds is 6. The zero-order valence-electron chi connectivity index (χ0n) is 14.6. The average molecular weight is 359 g/mol. The molecule has 1 aromatic carbocycles. The molecule has 27 heavy (non-hydrogen) atoms. The lowest BCUT2D eigenvalue weighted by Crippen LogP contribution is -2.23. The van der Waals surface area contributed by atoms with Crippen molar-refractivity contribution in [3.05, 3.63) is 71.7 Å². The number of pyridine rings is 1. The fourth-order valence-electron chi connectivity index (χ4n) is 2.48. The van der Waals surface area contributed by atoms with Gasteiger partial charge in [-0.3, -0.25) is 14.9 Å². The molecular formula is C20H17N5O2. The molecule has 2 N–H and O–H groups in total. The molecule has 0 aliphatic heterocycles. The summed E-state index contributed by atoms with van der Waals surface area (Å²) in [5.74, 6) is 0.291. The van der Waals surface area contributed by atoms with E-state index >= 15 is 0 Å². The summed E-state index contributed by atoms with van der Waals surface area (Å²) in [5, 5.41) is 19.1. The highest BCUT2D eigenvalue weighted by Crippen LogP contribution is 2.25. The fourth-order valence-corrected chi connectivity index (χ4v) is 2.48. The SMILES string of the molecule is COc1ccc(-c2[nH]ncc2C=C(C#N)C(=O)NCc2ccncc2)cc1. The summed E-state index contributed by atoms with van der Waals surface area (Å²) >= 11 is 0. The number of amides is 1. The topological polar surface area (TPSA) is 104 Å². The summed E-state index contributed by atoms with van der Waals surface area (Å²) < 4.78 is 5.16. The molecule has 1 amide bonds. The van der Waals surface area contributed by atoms with Crippen LogP contribution in [0.5, 0.6) is 5.75 Å². The maximum Gasteiger partial charge on any atom is 0.262 e. The fraction of sp³-hybridized carbons (Fsp3) is 0.100. The Kier molecular flexibility index (Phi) is 5.60. The first-order valence-electron chi connectivity index (χ1n) is 8.18. The molecule has 0 fully saturated rings. The number of aromatic amines is 1. The van der Waals surface area contributed by atoms with Crippen molar-refractivity contribution in [1.29, 1.82) is 5.26 Å². The summed E-state index contributed by atoms with van der Waals surface area (Å²) in [6, 6.07) is 13.0. The monoisotopic (exact) mass is 359 g/mol. The van der Waals surface area contributed by atoms with Crippen molar-refractivity contribution in [2.24, 2.45) is 0 Å². The maximum atomic E-state index is 12.3. The molecule has 0 spiro atoms. The van der Waals surface area contributed by atoms with E-state index in [4.69, 9.17) is 4.74 Å². The van der Waals surface area contributed by atoms with Gasteiger partial charge in [0.15, 0.2) is 0 Å². The van der Waals surface area contributed by atoms with Gasteiger partial charge in [-0.05, 0) is 48.0 Å². The lowest BCUT2D eigenvalue weighted by Gasteiger charge is -2.05. The minimum atomic E-state index is -0.448. The van der Waals surface area contributed by atoms with Gasteiger partial charge in [0.1, 0.15) is 17.4 Å². The van der Waals surface area contributed by atoms with Gasteiger partial charge < -0.3 is 10.1 Å². The second-order valence-corrected chi connectivity index (χ2v) is 5.64. The quantitative estimate of drug-likeness (QED) is 0.520. The zero-order valence-corrected chi connectivity index (χ0v) is 14.6. The summed E-state index contributed by atoms with van der Waals surface area (Å²) in [6.45, 7) is 0.317. The highest BCUT2D eigenvalue weighted by atomic mass is 16.5. The number of aromatic nitrogens is 3. The number of benzene rings is 1. The molecule has 3 rings (SSSR count). The first kappa shape index (κ1) is 17.9. The Morgan fingerprint density at radius 1 is 1.26 bits per heavy atom. The highest BCUT2D eigenvalue weighted by Gasteiger charge is 2.12. The van der Waals surface area contributed by atoms with E-state index in [2.05, 4.69) is 20.5 Å². The Hall–Kier alpha value is -3.92. The standard InChI is InChI=1S/C20H17N5O2/c1-27-18-4-2-15(3-5-18)19-17(13-24-25-19)10-16(11-21)20(26)23-12-14-6-8-22-9-7-14/h2-10,13H,12H2,1H3,(H,23,26)(H,24,25). The van der Waals surface area contributed by atoms with E-state index in [0.717, 1.165) is 16.9 Å². The van der Waals surface area contributed by atoms with Crippen LogP contribution in [0.2, 0.25) is 0 Å². The zero-order chi connectivity index (χ0) is 19.1. The van der Waals surface area contributed by atoms with Gasteiger partial charge >= 0.3 is 0 Å². The van der Waals surface area contributed by atoms with Gasteiger partial charge in [0, 0.05) is 30.1 Å². The molecule has 0 saturated heterocycles. The molecule has 0 aliphatic carbocycles. The predicted octanol–water partition coefficient (Wildman–Crippen LogP) is 2.70. The van der Waals surface area contributed by atoms with Crippen LogP contribution >= 0.6 is 0 Å². The molecule has 134 valence electrons. The number of ether oxygens (including phenoxy) is 1. The number of H-pyrrole nitrogens is 1. The Bertz CT molecular complexity index is 985. The van der Waals surface area contributed by atoms with Crippen LogP contribution in [-0.4, -0.2) is 28.2 Å². The first-order chi connectivity index (χ1) is 13.2. The number of hydrogen-bond donors (Lipinski definition) is 2. The van der Waals surface area contributed by atoms with Gasteiger partial charge in [-0.15, -0.1) is 0 Å². The first-order valence-corrected chi connectivity index (χ1v) is 8.18. The lowest BCUT2D eigenvalue weighted by molar-refractivity contribution is -0.117. The van der Waals surface area contributed by atoms with Gasteiger partial charge in [0.25, 0.3) is 5.91 Å². The van der Waals surface area contributed by atoms with Crippen molar-refractivity contribution in [3.63, 3.8) is 0 Å². The van der Waals surface area contributed by atoms with Crippen LogP contribution in [0.3, 0.4) is 0 Å². The minimum absolute atomic E-state index is 0.000202. The Labute approximate surface area is 156 Å². The van der Waals surface area contributed by atoms with E-state index in [9.17, 15) is 10.1 Å². The molecule has 2 heterocycles. The summed E-state index contributed by atoms with van der Waals surface area (Å²) in [6.07, 6.45) is 6.39. The molecule has 0 aliphatic rings. The van der Waals surface area contributed by atoms with Gasteiger partial charge in [0.2, 0.25) is 0 Å². The molecule has 0 unspecified atom stereocenters. The van der Waals surface area contributed by atoms with Gasteiger partial charge in [-0.2, -0.15) is 10.4 Å². The van der Waals surface area contributed by atoms with Crippen molar-refractivity contribution in [1.82, 2.24) is 20.5 Å². The number of nitriles is 1. The average Bonchev–Trinajstić information content (AvgIpc) is 3.19.